The van der Waals surface area contributed by atoms with Gasteiger partial charge in [0.15, 0.2) is 28.4 Å². The van der Waals surface area contributed by atoms with Crippen LogP contribution >= 0.6 is 0 Å². The number of ether oxygens (including phenoxy) is 2. The van der Waals surface area contributed by atoms with Crippen LogP contribution in [-0.4, -0.2) is 48.4 Å². The van der Waals surface area contributed by atoms with Gasteiger partial charge >= 0.3 is 11.9 Å². The Labute approximate surface area is 175 Å². The Balaban J connectivity index is 1.69. The summed E-state index contributed by atoms with van der Waals surface area (Å²) in [5, 5.41) is 2.55. The first-order valence-electron chi connectivity index (χ1n) is 9.35. The molecule has 1 N–H and O–H groups in total. The summed E-state index contributed by atoms with van der Waals surface area (Å²) in [7, 11) is 3.73. The molecule has 0 fully saturated rings. The highest BCUT2D eigenvalue weighted by molar-refractivity contribution is 6.31. The van der Waals surface area contributed by atoms with Crippen LogP contribution in [0.15, 0.2) is 28.7 Å². The number of hydrogen-bond acceptors (Lipinski definition) is 8. The van der Waals surface area contributed by atoms with Gasteiger partial charge < -0.3 is 24.1 Å². The zero-order chi connectivity index (χ0) is 22.3. The van der Waals surface area contributed by atoms with Crippen molar-refractivity contribution in [2.45, 2.75) is 13.3 Å². The number of aromatic nitrogens is 1. The molecule has 4 heterocycles. The molecule has 10 heteroatoms. The van der Waals surface area contributed by atoms with Crippen LogP contribution in [0.2, 0.25) is 0 Å². The van der Waals surface area contributed by atoms with E-state index in [4.69, 9.17) is 13.9 Å². The van der Waals surface area contributed by atoms with Gasteiger partial charge in [-0.3, -0.25) is 4.79 Å². The lowest BCUT2D eigenvalue weighted by Crippen LogP contribution is -2.25. The minimum Gasteiger partial charge on any atom is -0.455 e. The van der Waals surface area contributed by atoms with Crippen LogP contribution in [0.3, 0.4) is 0 Å². The van der Waals surface area contributed by atoms with Crippen LogP contribution in [0, 0.1) is 12.7 Å². The maximum Gasteiger partial charge on any atom is 0.423 e. The van der Waals surface area contributed by atoms with Crippen molar-refractivity contribution in [2.75, 3.05) is 26.0 Å². The monoisotopic (exact) mass is 427 g/mol. The fraction of sp³-hybridized carbons (Fsp3) is 0.238. The van der Waals surface area contributed by atoms with Gasteiger partial charge in [-0.25, -0.2) is 19.0 Å². The van der Waals surface area contributed by atoms with E-state index < -0.39 is 23.7 Å². The molecule has 5 rings (SSSR count). The van der Waals surface area contributed by atoms with E-state index in [-0.39, 0.29) is 39.7 Å². The molecular formula is C21H18FN3O6. The number of carbonyl (C=O) groups is 3. The summed E-state index contributed by atoms with van der Waals surface area (Å²) >= 11 is 0. The fourth-order valence-corrected chi connectivity index (χ4v) is 3.09. The van der Waals surface area contributed by atoms with Crippen LogP contribution in [0.5, 0.6) is 11.5 Å². The topological polar surface area (TPSA) is 111 Å². The molecule has 0 saturated carbocycles. The number of esters is 2. The van der Waals surface area contributed by atoms with E-state index in [1.54, 1.807) is 6.92 Å². The average Bonchev–Trinajstić information content (AvgIpc) is 3.04. The minimum absolute atomic E-state index is 0.0337. The number of nitrogens with one attached hydrogen (secondary N) is 1. The Kier molecular flexibility index (Phi) is 5.15. The smallest absolute Gasteiger partial charge is 0.423 e. The summed E-state index contributed by atoms with van der Waals surface area (Å²) < 4.78 is 29.6. The van der Waals surface area contributed by atoms with E-state index >= 15 is 0 Å². The quantitative estimate of drug-likeness (QED) is 0.488. The number of aryl methyl sites for hydroxylation is 1. The molecule has 0 saturated heterocycles. The predicted octanol–water partition coefficient (Wildman–Crippen LogP) is 2.46. The van der Waals surface area contributed by atoms with E-state index in [2.05, 4.69) is 10.3 Å². The van der Waals surface area contributed by atoms with E-state index in [1.807, 2.05) is 19.0 Å². The summed E-state index contributed by atoms with van der Waals surface area (Å²) in [5.41, 5.74) is 0.950. The molecule has 1 amide bonds. The lowest BCUT2D eigenvalue weighted by atomic mass is 10.1. The first-order chi connectivity index (χ1) is 14.7. The van der Waals surface area contributed by atoms with Crippen molar-refractivity contribution in [3.05, 3.63) is 47.0 Å². The molecule has 2 aliphatic rings. The second-order valence-electron chi connectivity index (χ2n) is 7.26. The molecule has 0 spiro atoms. The van der Waals surface area contributed by atoms with Crippen molar-refractivity contribution >= 4 is 34.8 Å². The number of hydrogen-bond donors (Lipinski definition) is 1. The second-order valence-corrected chi connectivity index (χ2v) is 7.26. The van der Waals surface area contributed by atoms with Gasteiger partial charge in [0.1, 0.15) is 11.6 Å². The number of likely N-dealkylation sites (N-methyl/N-ethyl adjacent to an activating group) is 1. The molecule has 4 bridgehead atoms. The SMILES string of the molecule is Cc1oc2cc3c(NC(=O)c4ccc(F)c(CCN(C)C)c4)nc2c1OC(=O)C(=O)O3. The van der Waals surface area contributed by atoms with E-state index in [9.17, 15) is 18.8 Å². The first-order valence-corrected chi connectivity index (χ1v) is 9.35. The molecule has 0 unspecified atom stereocenters. The summed E-state index contributed by atoms with van der Waals surface area (Å²) in [4.78, 5) is 42.8. The maximum absolute atomic E-state index is 14.1. The predicted molar refractivity (Wildman–Crippen MR) is 107 cm³/mol. The summed E-state index contributed by atoms with van der Waals surface area (Å²) in [6.45, 7) is 2.15. The van der Waals surface area contributed by atoms with Crippen molar-refractivity contribution < 1.29 is 32.7 Å². The third kappa shape index (κ3) is 3.97. The summed E-state index contributed by atoms with van der Waals surface area (Å²) in [5.74, 6) is -3.59. The lowest BCUT2D eigenvalue weighted by Gasteiger charge is -2.12. The third-order valence-corrected chi connectivity index (χ3v) is 4.68. The zero-order valence-electron chi connectivity index (χ0n) is 16.9. The molecular weight excluding hydrogens is 409 g/mol. The Morgan fingerprint density at radius 3 is 2.65 bits per heavy atom. The number of rotatable bonds is 5. The molecule has 160 valence electrons. The van der Waals surface area contributed by atoms with Crippen LogP contribution in [0.25, 0.3) is 11.1 Å². The van der Waals surface area contributed by atoms with Crippen LogP contribution in [0.4, 0.5) is 10.2 Å². The van der Waals surface area contributed by atoms with Gasteiger partial charge in [-0.15, -0.1) is 0 Å². The molecule has 0 atom stereocenters. The normalized spacial score (nSPS) is 13.2. The van der Waals surface area contributed by atoms with Crippen LogP contribution < -0.4 is 14.8 Å². The summed E-state index contributed by atoms with van der Waals surface area (Å²) in [6, 6.07) is 5.35. The number of furan rings is 1. The van der Waals surface area contributed by atoms with E-state index in [1.165, 1.54) is 24.3 Å². The highest BCUT2D eigenvalue weighted by atomic mass is 19.1. The molecule has 2 aromatic heterocycles. The molecule has 0 aliphatic carbocycles. The van der Waals surface area contributed by atoms with E-state index in [0.717, 1.165) is 0 Å². The van der Waals surface area contributed by atoms with Gasteiger partial charge in [0, 0.05) is 18.2 Å². The third-order valence-electron chi connectivity index (χ3n) is 4.68. The Bertz CT molecular complexity index is 1230. The molecule has 31 heavy (non-hydrogen) atoms. The van der Waals surface area contributed by atoms with Gasteiger partial charge in [0.2, 0.25) is 0 Å². The highest BCUT2D eigenvalue weighted by Crippen LogP contribution is 2.38. The average molecular weight is 427 g/mol. The second kappa shape index (κ2) is 7.80. The number of carbonyl (C=O) groups excluding carboxylic acids is 3. The van der Waals surface area contributed by atoms with Crippen molar-refractivity contribution in [1.82, 2.24) is 9.88 Å². The van der Waals surface area contributed by atoms with Crippen LogP contribution in [-0.2, 0) is 16.0 Å². The van der Waals surface area contributed by atoms with Crippen molar-refractivity contribution in [2.24, 2.45) is 0 Å². The highest BCUT2D eigenvalue weighted by Gasteiger charge is 2.30. The van der Waals surface area contributed by atoms with Crippen molar-refractivity contribution in [1.29, 1.82) is 0 Å². The zero-order valence-corrected chi connectivity index (χ0v) is 16.9. The standard InChI is InChI=1S/C21H18FN3O6/c1-10-17-16-14(29-10)9-15(30-20(27)21(28)31-17)18(23-16)24-19(26)12-4-5-13(22)11(8-12)6-7-25(2)3/h4-5,8-9H,6-7H2,1-3H3,(H,23,24,26). The number of anilines is 1. The fourth-order valence-electron chi connectivity index (χ4n) is 3.09. The molecule has 2 aliphatic heterocycles. The number of amides is 1. The number of nitrogens with zero attached hydrogens (tertiary/aromatic N) is 2. The summed E-state index contributed by atoms with van der Waals surface area (Å²) in [6.07, 6.45) is 0.421. The number of pyridine rings is 1. The van der Waals surface area contributed by atoms with Gasteiger partial charge in [0.05, 0.1) is 0 Å². The molecule has 3 aromatic rings. The van der Waals surface area contributed by atoms with Gasteiger partial charge in [-0.2, -0.15) is 0 Å². The van der Waals surface area contributed by atoms with Crippen LogP contribution in [0.1, 0.15) is 21.7 Å². The van der Waals surface area contributed by atoms with Gasteiger partial charge in [0.25, 0.3) is 5.91 Å². The molecule has 1 aromatic carbocycles. The molecule has 0 radical (unpaired) electrons. The van der Waals surface area contributed by atoms with Gasteiger partial charge in [-0.1, -0.05) is 0 Å². The first kappa shape index (κ1) is 20.5. The van der Waals surface area contributed by atoms with Crippen molar-refractivity contribution in [3.63, 3.8) is 0 Å². The van der Waals surface area contributed by atoms with Gasteiger partial charge in [-0.05, 0) is 51.2 Å². The Morgan fingerprint density at radius 2 is 1.90 bits per heavy atom. The Hall–Kier alpha value is -3.79. The molecule has 9 nitrogen and oxygen atoms in total. The number of halogens is 1. The lowest BCUT2D eigenvalue weighted by molar-refractivity contribution is -0.156. The van der Waals surface area contributed by atoms with E-state index in [0.29, 0.717) is 18.5 Å². The number of fused-ring (bicyclic) bond motifs is 4. The minimum atomic E-state index is -1.27. The largest absolute Gasteiger partial charge is 0.455 e. The number of benzene rings is 1. The Morgan fingerprint density at radius 1 is 1.16 bits per heavy atom. The van der Waals surface area contributed by atoms with Crippen molar-refractivity contribution in [3.8, 4) is 11.5 Å². The maximum atomic E-state index is 14.1.